The summed E-state index contributed by atoms with van der Waals surface area (Å²) in [5.74, 6) is 0.301. The lowest BCUT2D eigenvalue weighted by Crippen LogP contribution is -2.46. The molecule has 1 aliphatic heterocycles. The van der Waals surface area contributed by atoms with Gasteiger partial charge >= 0.3 is 0 Å². The van der Waals surface area contributed by atoms with Gasteiger partial charge in [-0.15, -0.1) is 0 Å². The number of anilines is 1. The zero-order valence-corrected chi connectivity index (χ0v) is 9.91. The molecule has 0 amide bonds. The minimum Gasteiger partial charge on any atom is -0.369 e. The average Bonchev–Trinajstić information content (AvgIpc) is 2.23. The predicted octanol–water partition coefficient (Wildman–Crippen LogP) is 2.31. The minimum absolute atomic E-state index is 0.123. The van der Waals surface area contributed by atoms with Gasteiger partial charge in [-0.2, -0.15) is 0 Å². The maximum Gasteiger partial charge on any atom is 0.146 e. The Balaban J connectivity index is 2.25. The second kappa shape index (κ2) is 4.42. The number of halogens is 1. The summed E-state index contributed by atoms with van der Waals surface area (Å²) in [6.45, 7) is 5.79. The molecule has 2 unspecified atom stereocenters. The molecule has 1 aliphatic rings. The second-order valence-corrected chi connectivity index (χ2v) is 4.78. The average molecular weight is 222 g/mol. The van der Waals surface area contributed by atoms with Crippen molar-refractivity contribution in [2.24, 2.45) is 11.7 Å². The van der Waals surface area contributed by atoms with Crippen LogP contribution in [0.3, 0.4) is 0 Å². The van der Waals surface area contributed by atoms with E-state index in [1.807, 2.05) is 13.0 Å². The minimum atomic E-state index is -0.123. The molecular formula is C13H19FN2. The molecule has 2 N–H and O–H groups in total. The van der Waals surface area contributed by atoms with E-state index in [4.69, 9.17) is 5.73 Å². The van der Waals surface area contributed by atoms with Crippen LogP contribution in [-0.2, 0) is 0 Å². The molecule has 2 nitrogen and oxygen atoms in total. The van der Waals surface area contributed by atoms with Gasteiger partial charge in [0.05, 0.1) is 5.69 Å². The van der Waals surface area contributed by atoms with Crippen LogP contribution in [0, 0.1) is 18.7 Å². The van der Waals surface area contributed by atoms with E-state index in [0.29, 0.717) is 5.92 Å². The van der Waals surface area contributed by atoms with Crippen molar-refractivity contribution in [3.8, 4) is 0 Å². The largest absolute Gasteiger partial charge is 0.369 e. The molecule has 2 rings (SSSR count). The summed E-state index contributed by atoms with van der Waals surface area (Å²) in [5.41, 5.74) is 7.73. The normalized spacial score (nSPS) is 25.9. The van der Waals surface area contributed by atoms with Crippen LogP contribution in [0.4, 0.5) is 10.1 Å². The van der Waals surface area contributed by atoms with Gasteiger partial charge in [0.15, 0.2) is 0 Å². The number of piperidine rings is 1. The molecule has 0 spiro atoms. The lowest BCUT2D eigenvalue weighted by molar-refractivity contribution is 0.380. The van der Waals surface area contributed by atoms with Crippen LogP contribution in [0.15, 0.2) is 18.2 Å². The summed E-state index contributed by atoms with van der Waals surface area (Å²) in [4.78, 5) is 2.12. The van der Waals surface area contributed by atoms with E-state index in [2.05, 4.69) is 11.8 Å². The van der Waals surface area contributed by atoms with E-state index in [1.165, 1.54) is 6.07 Å². The fourth-order valence-electron chi connectivity index (χ4n) is 2.39. The maximum absolute atomic E-state index is 13.8. The van der Waals surface area contributed by atoms with Crippen molar-refractivity contribution in [1.29, 1.82) is 0 Å². The highest BCUT2D eigenvalue weighted by Crippen LogP contribution is 2.28. The lowest BCUT2D eigenvalue weighted by atomic mass is 9.94. The highest BCUT2D eigenvalue weighted by Gasteiger charge is 2.25. The fourth-order valence-corrected chi connectivity index (χ4v) is 2.39. The molecule has 0 saturated carbocycles. The first kappa shape index (κ1) is 11.4. The molecule has 1 aromatic carbocycles. The highest BCUT2D eigenvalue weighted by atomic mass is 19.1. The van der Waals surface area contributed by atoms with E-state index in [9.17, 15) is 4.39 Å². The third-order valence-electron chi connectivity index (χ3n) is 3.48. The first-order chi connectivity index (χ1) is 7.59. The van der Waals surface area contributed by atoms with Gasteiger partial charge in [0.1, 0.15) is 5.82 Å². The van der Waals surface area contributed by atoms with E-state index in [0.717, 1.165) is 30.8 Å². The molecule has 1 aromatic rings. The third-order valence-corrected chi connectivity index (χ3v) is 3.48. The van der Waals surface area contributed by atoms with Crippen LogP contribution in [0.5, 0.6) is 0 Å². The summed E-state index contributed by atoms with van der Waals surface area (Å²) in [5, 5.41) is 0. The summed E-state index contributed by atoms with van der Waals surface area (Å²) in [6.07, 6.45) is 0.939. The monoisotopic (exact) mass is 222 g/mol. The van der Waals surface area contributed by atoms with Crippen molar-refractivity contribution in [2.45, 2.75) is 26.3 Å². The van der Waals surface area contributed by atoms with Crippen LogP contribution < -0.4 is 10.6 Å². The van der Waals surface area contributed by atoms with Crippen molar-refractivity contribution in [3.63, 3.8) is 0 Å². The maximum atomic E-state index is 13.8. The molecule has 1 fully saturated rings. The van der Waals surface area contributed by atoms with Crippen molar-refractivity contribution >= 4 is 5.69 Å². The third kappa shape index (κ3) is 2.05. The Morgan fingerprint density at radius 2 is 2.19 bits per heavy atom. The Morgan fingerprint density at radius 1 is 1.44 bits per heavy atom. The van der Waals surface area contributed by atoms with Crippen LogP contribution in [0.1, 0.15) is 18.9 Å². The number of nitrogens with zero attached hydrogens (tertiary/aromatic N) is 1. The topological polar surface area (TPSA) is 29.3 Å². The molecule has 1 saturated heterocycles. The number of hydrogen-bond donors (Lipinski definition) is 1. The van der Waals surface area contributed by atoms with E-state index >= 15 is 0 Å². The first-order valence-corrected chi connectivity index (χ1v) is 5.85. The Bertz CT molecular complexity index is 358. The van der Waals surface area contributed by atoms with E-state index in [1.54, 1.807) is 6.07 Å². The highest BCUT2D eigenvalue weighted by molar-refractivity contribution is 5.54. The van der Waals surface area contributed by atoms with Gasteiger partial charge in [0, 0.05) is 19.1 Å². The van der Waals surface area contributed by atoms with Gasteiger partial charge in [-0.25, -0.2) is 4.39 Å². The second-order valence-electron chi connectivity index (χ2n) is 4.78. The standard InChI is InChI=1S/C13H19FN2/c1-9-4-3-5-11(14)13(9)16-7-6-12(15)10(2)8-16/h3-5,10,12H,6-8,15H2,1-2H3. The lowest BCUT2D eigenvalue weighted by Gasteiger charge is -2.37. The molecule has 2 atom stereocenters. The fraction of sp³-hybridized carbons (Fsp3) is 0.538. The number of nitrogens with two attached hydrogens (primary N) is 1. The quantitative estimate of drug-likeness (QED) is 0.790. The molecule has 0 aliphatic carbocycles. The molecule has 0 radical (unpaired) electrons. The van der Waals surface area contributed by atoms with E-state index < -0.39 is 0 Å². The number of hydrogen-bond acceptors (Lipinski definition) is 2. The van der Waals surface area contributed by atoms with Gasteiger partial charge in [-0.1, -0.05) is 19.1 Å². The Labute approximate surface area is 96.2 Å². The molecule has 0 aromatic heterocycles. The molecule has 0 bridgehead atoms. The van der Waals surface area contributed by atoms with Gasteiger partial charge in [0.25, 0.3) is 0 Å². The first-order valence-electron chi connectivity index (χ1n) is 5.85. The Morgan fingerprint density at radius 3 is 2.81 bits per heavy atom. The summed E-state index contributed by atoms with van der Waals surface area (Å²) in [6, 6.07) is 5.50. The van der Waals surface area contributed by atoms with Gasteiger partial charge < -0.3 is 10.6 Å². The molecule has 3 heteroatoms. The summed E-state index contributed by atoms with van der Waals surface area (Å²) >= 11 is 0. The SMILES string of the molecule is Cc1cccc(F)c1N1CCC(N)C(C)C1. The van der Waals surface area contributed by atoms with Crippen molar-refractivity contribution < 1.29 is 4.39 Å². The molecule has 16 heavy (non-hydrogen) atoms. The number of rotatable bonds is 1. The van der Waals surface area contributed by atoms with Crippen LogP contribution in [-0.4, -0.2) is 19.1 Å². The van der Waals surface area contributed by atoms with Crippen molar-refractivity contribution in [3.05, 3.63) is 29.6 Å². The van der Waals surface area contributed by atoms with Gasteiger partial charge in [-0.3, -0.25) is 0 Å². The van der Waals surface area contributed by atoms with E-state index in [-0.39, 0.29) is 11.9 Å². The number of aryl methyl sites for hydroxylation is 1. The Kier molecular flexibility index (Phi) is 3.15. The zero-order chi connectivity index (χ0) is 11.7. The molecule has 1 heterocycles. The van der Waals surface area contributed by atoms with Crippen molar-refractivity contribution in [1.82, 2.24) is 0 Å². The summed E-state index contributed by atoms with van der Waals surface area (Å²) < 4.78 is 13.8. The van der Waals surface area contributed by atoms with Crippen LogP contribution >= 0.6 is 0 Å². The smallest absolute Gasteiger partial charge is 0.146 e. The van der Waals surface area contributed by atoms with Crippen LogP contribution in [0.2, 0.25) is 0 Å². The van der Waals surface area contributed by atoms with Crippen LogP contribution in [0.25, 0.3) is 0 Å². The van der Waals surface area contributed by atoms with Gasteiger partial charge in [0.2, 0.25) is 0 Å². The van der Waals surface area contributed by atoms with Crippen molar-refractivity contribution in [2.75, 3.05) is 18.0 Å². The predicted molar refractivity (Wildman–Crippen MR) is 65.1 cm³/mol. The zero-order valence-electron chi connectivity index (χ0n) is 9.91. The number of para-hydroxylation sites is 1. The Hall–Kier alpha value is -1.09. The van der Waals surface area contributed by atoms with Gasteiger partial charge in [-0.05, 0) is 30.9 Å². The molecular weight excluding hydrogens is 203 g/mol. The number of benzene rings is 1. The summed E-state index contributed by atoms with van der Waals surface area (Å²) in [7, 11) is 0. The molecule has 88 valence electrons.